The Labute approximate surface area is 115 Å². The van der Waals surface area contributed by atoms with Crippen LogP contribution in [0.15, 0.2) is 12.4 Å². The molecule has 0 fully saturated rings. The Bertz CT molecular complexity index is 586. The van der Waals surface area contributed by atoms with Gasteiger partial charge in [0, 0.05) is 12.7 Å². The van der Waals surface area contributed by atoms with Crippen LogP contribution in [0.3, 0.4) is 0 Å². The molecule has 0 aliphatic carbocycles. The van der Waals surface area contributed by atoms with Crippen molar-refractivity contribution in [3.05, 3.63) is 18.0 Å². The maximum atomic E-state index is 11.1. The van der Waals surface area contributed by atoms with Crippen molar-refractivity contribution in [2.45, 2.75) is 13.8 Å². The largest absolute Gasteiger partial charge is 0.464 e. The van der Waals surface area contributed by atoms with Crippen molar-refractivity contribution in [3.63, 3.8) is 0 Å². The number of aromatic nitrogens is 5. The number of carbonyl (C=O) groups is 1. The maximum absolute atomic E-state index is 11.1. The van der Waals surface area contributed by atoms with Gasteiger partial charge < -0.3 is 15.8 Å². The lowest BCUT2D eigenvalue weighted by Crippen LogP contribution is -2.12. The molecule has 106 valence electrons. The molecule has 0 aliphatic heterocycles. The molecule has 0 bridgehead atoms. The highest BCUT2D eigenvalue weighted by atomic mass is 16.5. The van der Waals surface area contributed by atoms with Crippen LogP contribution in [0.25, 0.3) is 5.95 Å². The van der Waals surface area contributed by atoms with Crippen LogP contribution < -0.4 is 15.8 Å². The van der Waals surface area contributed by atoms with E-state index in [-0.39, 0.29) is 17.5 Å². The minimum absolute atomic E-state index is 0.185. The highest BCUT2D eigenvalue weighted by Crippen LogP contribution is 2.11. The molecule has 2 heterocycles. The molecule has 0 aromatic carbocycles. The maximum Gasteiger partial charge on any atom is 0.323 e. The second kappa shape index (κ2) is 5.95. The number of hydrogen-bond acceptors (Lipinski definition) is 7. The fourth-order valence-electron chi connectivity index (χ4n) is 1.44. The van der Waals surface area contributed by atoms with Gasteiger partial charge >= 0.3 is 6.01 Å². The molecule has 9 nitrogen and oxygen atoms in total. The van der Waals surface area contributed by atoms with Crippen molar-refractivity contribution in [1.29, 1.82) is 0 Å². The summed E-state index contributed by atoms with van der Waals surface area (Å²) < 4.78 is 6.61. The second-order valence-electron chi connectivity index (χ2n) is 3.74. The molecule has 0 saturated heterocycles. The predicted molar refractivity (Wildman–Crippen MR) is 70.8 cm³/mol. The van der Waals surface area contributed by atoms with Crippen molar-refractivity contribution in [3.8, 4) is 12.0 Å². The second-order valence-corrected chi connectivity index (χ2v) is 3.74. The number of nitrogens with one attached hydrogen (secondary N) is 1. The first kappa shape index (κ1) is 13.7. The van der Waals surface area contributed by atoms with Crippen LogP contribution >= 0.6 is 0 Å². The van der Waals surface area contributed by atoms with E-state index in [4.69, 9.17) is 10.5 Å². The van der Waals surface area contributed by atoms with Gasteiger partial charge in [0.1, 0.15) is 0 Å². The third-order valence-corrected chi connectivity index (χ3v) is 2.28. The number of carbonyl (C=O) groups excluding carboxylic acids is 1. The molecule has 0 unspecified atom stereocenters. The number of ether oxygens (including phenoxy) is 1. The summed E-state index contributed by atoms with van der Waals surface area (Å²) in [7, 11) is 0. The molecule has 2 aromatic heterocycles. The SMILES string of the molecule is CCNc1nc(OCC)nc(-n2cc(C(N)=O)cn2)n1. The highest BCUT2D eigenvalue weighted by Gasteiger charge is 2.11. The summed E-state index contributed by atoms with van der Waals surface area (Å²) in [5.74, 6) is 0.0474. The molecule has 0 radical (unpaired) electrons. The molecule has 0 aliphatic rings. The van der Waals surface area contributed by atoms with Crippen LogP contribution in [0.1, 0.15) is 24.2 Å². The van der Waals surface area contributed by atoms with E-state index in [1.54, 1.807) is 0 Å². The van der Waals surface area contributed by atoms with Gasteiger partial charge in [-0.25, -0.2) is 4.68 Å². The lowest BCUT2D eigenvalue weighted by molar-refractivity contribution is 0.100. The van der Waals surface area contributed by atoms with Gasteiger partial charge in [-0.2, -0.15) is 20.1 Å². The number of nitrogens with zero attached hydrogens (tertiary/aromatic N) is 5. The van der Waals surface area contributed by atoms with Crippen LogP contribution in [-0.4, -0.2) is 43.8 Å². The standard InChI is InChI=1S/C11H15N7O2/c1-3-13-9-15-10(17-11(16-9)20-4-2)18-6-7(5-14-18)8(12)19/h5-6H,3-4H2,1-2H3,(H2,12,19)(H,13,15,16,17). The van der Waals surface area contributed by atoms with Gasteiger partial charge in [0.05, 0.1) is 18.4 Å². The normalized spacial score (nSPS) is 10.3. The average Bonchev–Trinajstić information content (AvgIpc) is 2.89. The van der Waals surface area contributed by atoms with Gasteiger partial charge in [-0.3, -0.25) is 4.79 Å². The van der Waals surface area contributed by atoms with Gasteiger partial charge in [-0.15, -0.1) is 0 Å². The van der Waals surface area contributed by atoms with Crippen molar-refractivity contribution in [2.24, 2.45) is 5.73 Å². The Kier molecular flexibility index (Phi) is 4.08. The average molecular weight is 277 g/mol. The van der Waals surface area contributed by atoms with E-state index in [1.165, 1.54) is 17.1 Å². The van der Waals surface area contributed by atoms with E-state index in [1.807, 2.05) is 13.8 Å². The molecule has 9 heteroatoms. The molecule has 0 saturated carbocycles. The van der Waals surface area contributed by atoms with Crippen molar-refractivity contribution in [1.82, 2.24) is 24.7 Å². The fraction of sp³-hybridized carbons (Fsp3) is 0.364. The van der Waals surface area contributed by atoms with Crippen LogP contribution in [0.5, 0.6) is 6.01 Å². The summed E-state index contributed by atoms with van der Waals surface area (Å²) in [4.78, 5) is 23.5. The monoisotopic (exact) mass is 277 g/mol. The van der Waals surface area contributed by atoms with E-state index < -0.39 is 5.91 Å². The number of hydrogen-bond donors (Lipinski definition) is 2. The Morgan fingerprint density at radius 1 is 1.40 bits per heavy atom. The number of amides is 1. The predicted octanol–water partition coefficient (Wildman–Crippen LogP) is -0.0133. The van der Waals surface area contributed by atoms with Crippen molar-refractivity contribution < 1.29 is 9.53 Å². The number of anilines is 1. The summed E-state index contributed by atoms with van der Waals surface area (Å²) in [5.41, 5.74) is 5.45. The van der Waals surface area contributed by atoms with E-state index >= 15 is 0 Å². The van der Waals surface area contributed by atoms with Crippen molar-refractivity contribution in [2.75, 3.05) is 18.5 Å². The Morgan fingerprint density at radius 2 is 2.20 bits per heavy atom. The first-order chi connectivity index (χ1) is 9.63. The molecule has 2 rings (SSSR count). The molecule has 2 aromatic rings. The van der Waals surface area contributed by atoms with Gasteiger partial charge in [-0.05, 0) is 13.8 Å². The summed E-state index contributed by atoms with van der Waals surface area (Å²) in [6, 6.07) is 0.185. The first-order valence-corrected chi connectivity index (χ1v) is 6.11. The van der Waals surface area contributed by atoms with Crippen LogP contribution in [0.2, 0.25) is 0 Å². The molecule has 3 N–H and O–H groups in total. The van der Waals surface area contributed by atoms with Gasteiger partial charge in [0.25, 0.3) is 11.9 Å². The zero-order valence-corrected chi connectivity index (χ0v) is 11.2. The summed E-state index contributed by atoms with van der Waals surface area (Å²) in [6.45, 7) is 4.83. The number of rotatable bonds is 6. The minimum atomic E-state index is -0.567. The highest BCUT2D eigenvalue weighted by molar-refractivity contribution is 5.92. The molecule has 0 atom stereocenters. The zero-order valence-electron chi connectivity index (χ0n) is 11.2. The molecule has 0 spiro atoms. The molecule has 1 amide bonds. The van der Waals surface area contributed by atoms with E-state index in [9.17, 15) is 4.79 Å². The summed E-state index contributed by atoms with van der Waals surface area (Å²) in [6.07, 6.45) is 2.79. The lowest BCUT2D eigenvalue weighted by atomic mass is 10.4. The fourth-order valence-corrected chi connectivity index (χ4v) is 1.44. The van der Waals surface area contributed by atoms with E-state index in [0.29, 0.717) is 19.1 Å². The smallest absolute Gasteiger partial charge is 0.323 e. The summed E-state index contributed by atoms with van der Waals surface area (Å²) >= 11 is 0. The lowest BCUT2D eigenvalue weighted by Gasteiger charge is -2.07. The van der Waals surface area contributed by atoms with Gasteiger partial charge in [-0.1, -0.05) is 0 Å². The minimum Gasteiger partial charge on any atom is -0.464 e. The first-order valence-electron chi connectivity index (χ1n) is 6.11. The number of primary amides is 1. The third-order valence-electron chi connectivity index (χ3n) is 2.28. The van der Waals surface area contributed by atoms with Crippen LogP contribution in [0.4, 0.5) is 5.95 Å². The Balaban J connectivity index is 2.39. The van der Waals surface area contributed by atoms with E-state index in [2.05, 4.69) is 25.4 Å². The molecular weight excluding hydrogens is 262 g/mol. The summed E-state index contributed by atoms with van der Waals surface area (Å²) in [5, 5.41) is 6.96. The van der Waals surface area contributed by atoms with Crippen LogP contribution in [0, 0.1) is 0 Å². The topological polar surface area (TPSA) is 121 Å². The Morgan fingerprint density at radius 3 is 2.80 bits per heavy atom. The quantitative estimate of drug-likeness (QED) is 0.761. The molecule has 20 heavy (non-hydrogen) atoms. The van der Waals surface area contributed by atoms with Crippen LogP contribution in [-0.2, 0) is 0 Å². The van der Waals surface area contributed by atoms with Gasteiger partial charge in [0.2, 0.25) is 5.95 Å². The zero-order chi connectivity index (χ0) is 14.5. The van der Waals surface area contributed by atoms with Gasteiger partial charge in [0.15, 0.2) is 0 Å². The van der Waals surface area contributed by atoms with E-state index in [0.717, 1.165) is 0 Å². The third kappa shape index (κ3) is 2.99. The molecular formula is C11H15N7O2. The van der Waals surface area contributed by atoms with Crippen molar-refractivity contribution >= 4 is 11.9 Å². The number of nitrogens with two attached hydrogens (primary N) is 1. The Hall–Kier alpha value is -2.71.